The van der Waals surface area contributed by atoms with E-state index in [0.717, 1.165) is 17.7 Å². The Hall–Kier alpha value is -2.09. The molecule has 0 bridgehead atoms. The number of rotatable bonds is 1. The quantitative estimate of drug-likeness (QED) is 0.775. The lowest BCUT2D eigenvalue weighted by Crippen LogP contribution is -2.30. The predicted molar refractivity (Wildman–Crippen MR) is 72.5 cm³/mol. The van der Waals surface area contributed by atoms with Crippen LogP contribution in [-0.2, 0) is 0 Å². The summed E-state index contributed by atoms with van der Waals surface area (Å²) < 4.78 is 5.80. The van der Waals surface area contributed by atoms with Crippen LogP contribution in [0.5, 0.6) is 5.75 Å². The fraction of sp³-hybridized carbons (Fsp3) is 0.235. The van der Waals surface area contributed by atoms with Gasteiger partial charge in [0, 0.05) is 5.92 Å². The van der Waals surface area contributed by atoms with Crippen LogP contribution >= 0.6 is 0 Å². The molecule has 0 saturated heterocycles. The molecule has 1 fully saturated rings. The summed E-state index contributed by atoms with van der Waals surface area (Å²) in [6, 6.07) is 17.8. The van der Waals surface area contributed by atoms with Gasteiger partial charge in [-0.15, -0.1) is 0 Å². The monoisotopic (exact) mass is 250 g/mol. The maximum absolute atomic E-state index is 12.7. The highest BCUT2D eigenvalue weighted by Gasteiger charge is 2.62. The number of Topliss-reactive ketones (excluding diaryl/α,β-unsaturated/α-hetero) is 1. The van der Waals surface area contributed by atoms with Crippen LogP contribution in [0.15, 0.2) is 54.6 Å². The third kappa shape index (κ3) is 1.46. The van der Waals surface area contributed by atoms with Gasteiger partial charge < -0.3 is 4.74 Å². The fourth-order valence-electron chi connectivity index (χ4n) is 3.16. The second-order valence-electron chi connectivity index (χ2n) is 5.44. The lowest BCUT2D eigenvalue weighted by atomic mass is 9.88. The third-order valence-corrected chi connectivity index (χ3v) is 4.35. The molecule has 0 N–H and O–H groups in total. The predicted octanol–water partition coefficient (Wildman–Crippen LogP) is 3.44. The van der Waals surface area contributed by atoms with Crippen molar-refractivity contribution >= 4 is 5.78 Å². The first-order valence-electron chi connectivity index (χ1n) is 6.63. The molecule has 0 unspecified atom stereocenters. The molecule has 2 heteroatoms. The van der Waals surface area contributed by atoms with Crippen LogP contribution in [0.2, 0.25) is 0 Å². The van der Waals surface area contributed by atoms with Gasteiger partial charge in [-0.3, -0.25) is 4.79 Å². The molecular formula is C17H14O2. The summed E-state index contributed by atoms with van der Waals surface area (Å²) in [5.74, 6) is 1.30. The largest absolute Gasteiger partial charge is 0.492 e. The number of carbonyl (C=O) groups excluding carboxylic acids is 1. The van der Waals surface area contributed by atoms with Crippen molar-refractivity contribution in [3.63, 3.8) is 0 Å². The number of carbonyl (C=O) groups is 1. The Kier molecular flexibility index (Phi) is 2.10. The standard InChI is InChI=1S/C17H14O2/c18-16-13-8-4-5-9-15(13)19-11-17(16)10-14(17)12-6-2-1-3-7-12/h1-9,14H,10-11H2/t14-,17-/m0/s1. The molecular weight excluding hydrogens is 236 g/mol. The van der Waals surface area contributed by atoms with Gasteiger partial charge in [0.25, 0.3) is 0 Å². The maximum Gasteiger partial charge on any atom is 0.176 e. The Morgan fingerprint density at radius 2 is 1.74 bits per heavy atom. The fourth-order valence-corrected chi connectivity index (χ4v) is 3.16. The average Bonchev–Trinajstić information content (AvgIpc) is 3.20. The lowest BCUT2D eigenvalue weighted by Gasteiger charge is -2.25. The van der Waals surface area contributed by atoms with E-state index in [1.807, 2.05) is 42.5 Å². The van der Waals surface area contributed by atoms with E-state index >= 15 is 0 Å². The van der Waals surface area contributed by atoms with Gasteiger partial charge in [-0.2, -0.15) is 0 Å². The topological polar surface area (TPSA) is 26.3 Å². The van der Waals surface area contributed by atoms with Crippen molar-refractivity contribution in [2.75, 3.05) is 6.61 Å². The van der Waals surface area contributed by atoms with E-state index in [4.69, 9.17) is 4.74 Å². The molecule has 1 spiro atoms. The van der Waals surface area contributed by atoms with Crippen molar-refractivity contribution in [2.45, 2.75) is 12.3 Å². The number of benzene rings is 2. The number of ether oxygens (including phenoxy) is 1. The molecule has 4 rings (SSSR count). The van der Waals surface area contributed by atoms with Gasteiger partial charge in [-0.1, -0.05) is 42.5 Å². The van der Waals surface area contributed by atoms with E-state index in [1.54, 1.807) is 0 Å². The van der Waals surface area contributed by atoms with Gasteiger partial charge in [-0.05, 0) is 24.1 Å². The van der Waals surface area contributed by atoms with E-state index in [0.29, 0.717) is 12.5 Å². The molecule has 1 aliphatic heterocycles. The van der Waals surface area contributed by atoms with Gasteiger partial charge in [0.05, 0.1) is 11.0 Å². The van der Waals surface area contributed by atoms with Crippen LogP contribution in [-0.4, -0.2) is 12.4 Å². The SMILES string of the molecule is O=C1c2ccccc2OC[C@]12C[C@H]2c1ccccc1. The highest BCUT2D eigenvalue weighted by atomic mass is 16.5. The molecule has 19 heavy (non-hydrogen) atoms. The van der Waals surface area contributed by atoms with Gasteiger partial charge in [0.2, 0.25) is 0 Å². The van der Waals surface area contributed by atoms with Crippen molar-refractivity contribution in [1.82, 2.24) is 0 Å². The molecule has 2 aromatic carbocycles. The number of hydrogen-bond acceptors (Lipinski definition) is 2. The zero-order valence-electron chi connectivity index (χ0n) is 10.5. The van der Waals surface area contributed by atoms with E-state index < -0.39 is 0 Å². The van der Waals surface area contributed by atoms with Crippen molar-refractivity contribution in [1.29, 1.82) is 0 Å². The summed E-state index contributed by atoms with van der Waals surface area (Å²) in [7, 11) is 0. The number of para-hydroxylation sites is 1. The normalized spacial score (nSPS) is 27.8. The lowest BCUT2D eigenvalue weighted by molar-refractivity contribution is 0.0790. The molecule has 0 radical (unpaired) electrons. The van der Waals surface area contributed by atoms with Crippen molar-refractivity contribution in [3.05, 3.63) is 65.7 Å². The number of hydrogen-bond donors (Lipinski definition) is 0. The average molecular weight is 250 g/mol. The molecule has 0 aromatic heterocycles. The van der Waals surface area contributed by atoms with Gasteiger partial charge in [0.1, 0.15) is 12.4 Å². The van der Waals surface area contributed by atoms with Crippen molar-refractivity contribution < 1.29 is 9.53 Å². The minimum atomic E-state index is -0.310. The summed E-state index contributed by atoms with van der Waals surface area (Å²) in [6.45, 7) is 0.516. The molecule has 2 atom stereocenters. The first-order valence-corrected chi connectivity index (χ1v) is 6.63. The Labute approximate surface area is 112 Å². The van der Waals surface area contributed by atoms with Crippen LogP contribution in [0, 0.1) is 5.41 Å². The molecule has 0 amide bonds. The smallest absolute Gasteiger partial charge is 0.176 e. The Balaban J connectivity index is 1.71. The summed E-state index contributed by atoms with van der Waals surface area (Å²) in [5.41, 5.74) is 1.68. The highest BCUT2D eigenvalue weighted by Crippen LogP contribution is 2.62. The number of fused-ring (bicyclic) bond motifs is 1. The summed E-state index contributed by atoms with van der Waals surface area (Å²) >= 11 is 0. The van der Waals surface area contributed by atoms with Crippen LogP contribution < -0.4 is 4.74 Å². The van der Waals surface area contributed by atoms with Crippen LogP contribution in [0.25, 0.3) is 0 Å². The first-order chi connectivity index (χ1) is 9.31. The molecule has 1 heterocycles. The van der Waals surface area contributed by atoms with Crippen molar-refractivity contribution in [3.8, 4) is 5.75 Å². The van der Waals surface area contributed by atoms with Gasteiger partial charge >= 0.3 is 0 Å². The van der Waals surface area contributed by atoms with E-state index in [9.17, 15) is 4.79 Å². The van der Waals surface area contributed by atoms with Gasteiger partial charge in [-0.25, -0.2) is 0 Å². The first kappa shape index (κ1) is 10.8. The van der Waals surface area contributed by atoms with Crippen molar-refractivity contribution in [2.24, 2.45) is 5.41 Å². The molecule has 94 valence electrons. The Bertz CT molecular complexity index is 647. The zero-order chi connectivity index (χ0) is 12.9. The molecule has 2 aromatic rings. The van der Waals surface area contributed by atoms with E-state index in [-0.39, 0.29) is 11.2 Å². The molecule has 2 nitrogen and oxygen atoms in total. The van der Waals surface area contributed by atoms with Gasteiger partial charge in [0.15, 0.2) is 5.78 Å². The maximum atomic E-state index is 12.7. The highest BCUT2D eigenvalue weighted by molar-refractivity contribution is 6.06. The van der Waals surface area contributed by atoms with Crippen LogP contribution in [0.4, 0.5) is 0 Å². The van der Waals surface area contributed by atoms with Crippen LogP contribution in [0.1, 0.15) is 28.3 Å². The van der Waals surface area contributed by atoms with Crippen LogP contribution in [0.3, 0.4) is 0 Å². The third-order valence-electron chi connectivity index (χ3n) is 4.35. The number of ketones is 1. The van der Waals surface area contributed by atoms with E-state index in [1.165, 1.54) is 5.56 Å². The molecule has 1 aliphatic carbocycles. The summed E-state index contributed by atoms with van der Waals surface area (Å²) in [4.78, 5) is 12.7. The Morgan fingerprint density at radius 1 is 1.00 bits per heavy atom. The Morgan fingerprint density at radius 3 is 2.58 bits per heavy atom. The van der Waals surface area contributed by atoms with E-state index in [2.05, 4.69) is 12.1 Å². The minimum absolute atomic E-state index is 0.253. The molecule has 1 saturated carbocycles. The second-order valence-corrected chi connectivity index (χ2v) is 5.44. The molecule has 2 aliphatic rings. The summed E-state index contributed by atoms with van der Waals surface area (Å²) in [6.07, 6.45) is 0.907. The zero-order valence-corrected chi connectivity index (χ0v) is 10.5. The summed E-state index contributed by atoms with van der Waals surface area (Å²) in [5, 5.41) is 0. The minimum Gasteiger partial charge on any atom is -0.492 e. The second kappa shape index (κ2) is 3.70.